The zero-order valence-electron chi connectivity index (χ0n) is 10.6. The highest BCUT2D eigenvalue weighted by atomic mass is 16.7. The van der Waals surface area contributed by atoms with Crippen LogP contribution in [-0.2, 0) is 11.3 Å². The van der Waals surface area contributed by atoms with Crippen LogP contribution in [0.5, 0.6) is 5.75 Å². The first-order valence-electron chi connectivity index (χ1n) is 6.22. The molecular weight excluding hydrogens is 268 g/mol. The van der Waals surface area contributed by atoms with E-state index in [1.807, 2.05) is 0 Å². The van der Waals surface area contributed by atoms with Crippen LogP contribution in [0.3, 0.4) is 0 Å². The molecule has 7 nitrogen and oxygen atoms in total. The van der Waals surface area contributed by atoms with Gasteiger partial charge in [-0.15, -0.1) is 0 Å². The predicted octanol–water partition coefficient (Wildman–Crippen LogP) is -2.27. The van der Waals surface area contributed by atoms with Gasteiger partial charge in [-0.05, 0) is 6.07 Å². The molecule has 1 aromatic rings. The fourth-order valence-electron chi connectivity index (χ4n) is 2.08. The number of hydrogen-bond acceptors (Lipinski definition) is 7. The molecule has 1 aliphatic heterocycles. The summed E-state index contributed by atoms with van der Waals surface area (Å²) in [6.07, 6.45) is -7.13. The van der Waals surface area contributed by atoms with Gasteiger partial charge >= 0.3 is 0 Å². The van der Waals surface area contributed by atoms with E-state index in [0.717, 1.165) is 0 Å². The third kappa shape index (κ3) is 2.93. The van der Waals surface area contributed by atoms with Crippen molar-refractivity contribution in [3.63, 3.8) is 0 Å². The molecule has 0 unspecified atom stereocenters. The van der Waals surface area contributed by atoms with Gasteiger partial charge in [0.1, 0.15) is 30.2 Å². The minimum Gasteiger partial charge on any atom is -0.828 e. The van der Waals surface area contributed by atoms with Crippen LogP contribution in [0.1, 0.15) is 5.56 Å². The van der Waals surface area contributed by atoms with Crippen LogP contribution in [-0.4, -0.2) is 57.7 Å². The smallest absolute Gasteiger partial charge is 0.138 e. The second-order valence-electron chi connectivity index (χ2n) is 4.55. The molecule has 5 atom stereocenters. The third-order valence-electron chi connectivity index (χ3n) is 3.23. The lowest BCUT2D eigenvalue weighted by Crippen LogP contribution is -2.64. The van der Waals surface area contributed by atoms with Gasteiger partial charge in [0, 0.05) is 11.9 Å². The zero-order chi connectivity index (χ0) is 14.7. The Morgan fingerprint density at radius 1 is 1.15 bits per heavy atom. The summed E-state index contributed by atoms with van der Waals surface area (Å²) in [5.41, 5.74) is 0.450. The monoisotopic (exact) mass is 285 g/mol. The maximum absolute atomic E-state index is 11.8. The fraction of sp³-hybridized carbons (Fsp3) is 0.538. The van der Waals surface area contributed by atoms with Crippen LogP contribution in [0.15, 0.2) is 24.3 Å². The van der Waals surface area contributed by atoms with E-state index in [4.69, 9.17) is 14.6 Å². The van der Waals surface area contributed by atoms with Gasteiger partial charge in [0.25, 0.3) is 0 Å². The van der Waals surface area contributed by atoms with E-state index in [9.17, 15) is 20.4 Å². The Bertz CT molecular complexity index is 438. The molecule has 0 amide bonds. The maximum Gasteiger partial charge on any atom is 0.138 e. The second kappa shape index (κ2) is 6.49. The van der Waals surface area contributed by atoms with E-state index in [1.165, 1.54) is 6.07 Å². The summed E-state index contributed by atoms with van der Waals surface area (Å²) >= 11 is 0. The standard InChI is InChI=1S/C13H17O7/c14-5-7-3-1-2-4-8(7)19-12-11(17)10(16)9(6-15)20-13(12)18/h1-4,9-17H,5-6H2/q-1/t9-,10-,11+,12-,13-/m1/s1. The maximum atomic E-state index is 11.8. The van der Waals surface area contributed by atoms with Gasteiger partial charge in [0.05, 0.1) is 13.2 Å². The molecule has 0 saturated carbocycles. The minimum atomic E-state index is -1.75. The lowest BCUT2D eigenvalue weighted by atomic mass is 9.99. The predicted molar refractivity (Wildman–Crippen MR) is 64.5 cm³/mol. The number of rotatable bonds is 4. The molecule has 0 spiro atoms. The molecule has 1 aliphatic rings. The van der Waals surface area contributed by atoms with E-state index < -0.39 is 37.3 Å². The van der Waals surface area contributed by atoms with Crippen molar-refractivity contribution in [1.29, 1.82) is 0 Å². The van der Waals surface area contributed by atoms with Gasteiger partial charge in [0.2, 0.25) is 0 Å². The Morgan fingerprint density at radius 2 is 1.85 bits per heavy atom. The molecule has 1 fully saturated rings. The topological polar surface area (TPSA) is 122 Å². The highest BCUT2D eigenvalue weighted by Gasteiger charge is 2.41. The lowest BCUT2D eigenvalue weighted by molar-refractivity contribution is -0.530. The second-order valence-corrected chi connectivity index (χ2v) is 4.55. The van der Waals surface area contributed by atoms with Crippen LogP contribution in [0.2, 0.25) is 0 Å². The van der Waals surface area contributed by atoms with E-state index in [-0.39, 0.29) is 12.4 Å². The molecule has 112 valence electrons. The van der Waals surface area contributed by atoms with Crippen LogP contribution in [0.25, 0.3) is 0 Å². The molecule has 1 aromatic carbocycles. The quantitative estimate of drug-likeness (QED) is 0.492. The van der Waals surface area contributed by atoms with Gasteiger partial charge in [-0.25, -0.2) is 0 Å². The van der Waals surface area contributed by atoms with Gasteiger partial charge in [-0.3, -0.25) is 0 Å². The lowest BCUT2D eigenvalue weighted by Gasteiger charge is -2.45. The van der Waals surface area contributed by atoms with E-state index in [0.29, 0.717) is 5.56 Å². The first-order valence-corrected chi connectivity index (χ1v) is 6.22. The molecule has 1 saturated heterocycles. The van der Waals surface area contributed by atoms with Crippen molar-refractivity contribution < 1.29 is 35.0 Å². The SMILES string of the molecule is [O-][C@@H]1O[C@H](CO)[C@@H](O)[C@H](O)[C@H]1Oc1ccccc1CO. The highest BCUT2D eigenvalue weighted by molar-refractivity contribution is 5.33. The first kappa shape index (κ1) is 15.2. The average Bonchev–Trinajstić information content (AvgIpc) is 2.47. The molecule has 0 radical (unpaired) electrons. The summed E-state index contributed by atoms with van der Waals surface area (Å²) in [4.78, 5) is 0. The largest absolute Gasteiger partial charge is 0.828 e. The molecule has 1 heterocycles. The Balaban J connectivity index is 2.16. The summed E-state index contributed by atoms with van der Waals surface area (Å²) in [6, 6.07) is 6.49. The Hall–Kier alpha value is -1.22. The number of ether oxygens (including phenoxy) is 2. The summed E-state index contributed by atoms with van der Waals surface area (Å²) in [6.45, 7) is -0.859. The van der Waals surface area contributed by atoms with Crippen LogP contribution in [0.4, 0.5) is 0 Å². The molecular formula is C13H17O7-. The molecule has 0 aliphatic carbocycles. The normalized spacial score (nSPS) is 34.0. The fourth-order valence-corrected chi connectivity index (χ4v) is 2.08. The van der Waals surface area contributed by atoms with Gasteiger partial charge < -0.3 is 35.0 Å². The minimum absolute atomic E-state index is 0.234. The zero-order valence-corrected chi connectivity index (χ0v) is 10.6. The van der Waals surface area contributed by atoms with Crippen molar-refractivity contribution in [3.8, 4) is 5.75 Å². The molecule has 0 bridgehead atoms. The number of para-hydroxylation sites is 1. The summed E-state index contributed by atoms with van der Waals surface area (Å²) < 4.78 is 10.2. The summed E-state index contributed by atoms with van der Waals surface area (Å²) in [5.74, 6) is 0.234. The number of aliphatic hydroxyl groups is 4. The third-order valence-corrected chi connectivity index (χ3v) is 3.23. The number of benzene rings is 1. The number of hydrogen-bond donors (Lipinski definition) is 4. The van der Waals surface area contributed by atoms with Gasteiger partial charge in [-0.1, -0.05) is 18.2 Å². The Kier molecular flexibility index (Phi) is 4.92. The molecule has 4 N–H and O–H groups in total. The Labute approximate surface area is 115 Å². The van der Waals surface area contributed by atoms with Crippen LogP contribution in [0, 0.1) is 0 Å². The van der Waals surface area contributed by atoms with E-state index in [2.05, 4.69) is 0 Å². The highest BCUT2D eigenvalue weighted by Crippen LogP contribution is 2.25. The first-order chi connectivity index (χ1) is 9.58. The van der Waals surface area contributed by atoms with E-state index >= 15 is 0 Å². The van der Waals surface area contributed by atoms with Crippen molar-refractivity contribution in [2.24, 2.45) is 0 Å². The summed E-state index contributed by atoms with van der Waals surface area (Å²) in [5, 5.41) is 49.6. The number of aliphatic hydroxyl groups excluding tert-OH is 4. The van der Waals surface area contributed by atoms with Crippen LogP contribution < -0.4 is 9.84 Å². The molecule has 2 rings (SSSR count). The van der Waals surface area contributed by atoms with Crippen molar-refractivity contribution in [3.05, 3.63) is 29.8 Å². The molecule has 7 heteroatoms. The van der Waals surface area contributed by atoms with Crippen molar-refractivity contribution in [2.45, 2.75) is 37.3 Å². The average molecular weight is 285 g/mol. The molecule has 20 heavy (non-hydrogen) atoms. The van der Waals surface area contributed by atoms with E-state index in [1.54, 1.807) is 18.2 Å². The van der Waals surface area contributed by atoms with Crippen molar-refractivity contribution >= 4 is 0 Å². The Morgan fingerprint density at radius 3 is 2.50 bits per heavy atom. The summed E-state index contributed by atoms with van der Waals surface area (Å²) in [7, 11) is 0. The van der Waals surface area contributed by atoms with Crippen LogP contribution >= 0.6 is 0 Å². The van der Waals surface area contributed by atoms with Crippen molar-refractivity contribution in [1.82, 2.24) is 0 Å². The molecule has 0 aromatic heterocycles. The van der Waals surface area contributed by atoms with Crippen molar-refractivity contribution in [2.75, 3.05) is 6.61 Å². The van der Waals surface area contributed by atoms with Gasteiger partial charge in [0.15, 0.2) is 0 Å². The van der Waals surface area contributed by atoms with Gasteiger partial charge in [-0.2, -0.15) is 0 Å².